The highest BCUT2D eigenvalue weighted by Crippen LogP contribution is 2.37. The van der Waals surface area contributed by atoms with Crippen molar-refractivity contribution in [3.05, 3.63) is 47.8 Å². The first-order valence-electron chi connectivity index (χ1n) is 5.82. The van der Waals surface area contributed by atoms with Crippen LogP contribution in [0.1, 0.15) is 10.4 Å². The molecule has 2 rings (SSSR count). The van der Waals surface area contributed by atoms with E-state index in [0.717, 1.165) is 0 Å². The van der Waals surface area contributed by atoms with E-state index < -0.39 is 11.8 Å². The Balaban J connectivity index is 2.69. The molecule has 0 saturated heterocycles. The third-order valence-electron chi connectivity index (χ3n) is 2.90. The van der Waals surface area contributed by atoms with E-state index in [-0.39, 0.29) is 5.56 Å². The van der Waals surface area contributed by atoms with Gasteiger partial charge in [0.1, 0.15) is 17.3 Å². The third-order valence-corrected chi connectivity index (χ3v) is 2.90. The predicted octanol–water partition coefficient (Wildman–Crippen LogP) is 3.21. The Morgan fingerprint density at radius 3 is 2.10 bits per heavy atom. The lowest BCUT2D eigenvalue weighted by atomic mass is 10.0. The molecular formula is C15H13FO4. The van der Waals surface area contributed by atoms with Crippen molar-refractivity contribution in [2.45, 2.75) is 0 Å². The fraction of sp³-hybridized carbons (Fsp3) is 0.133. The van der Waals surface area contributed by atoms with Gasteiger partial charge in [0.15, 0.2) is 0 Å². The SMILES string of the molecule is COc1ccc(F)cc1-c1cc(C(=O)O)ccc1OC. The first-order valence-corrected chi connectivity index (χ1v) is 5.82. The molecule has 4 nitrogen and oxygen atoms in total. The Hall–Kier alpha value is -2.56. The summed E-state index contributed by atoms with van der Waals surface area (Å²) >= 11 is 0. The number of benzene rings is 2. The first kappa shape index (κ1) is 13.9. The van der Waals surface area contributed by atoms with Crippen molar-refractivity contribution in [2.75, 3.05) is 14.2 Å². The van der Waals surface area contributed by atoms with Crippen molar-refractivity contribution in [1.29, 1.82) is 0 Å². The molecule has 5 heteroatoms. The lowest BCUT2D eigenvalue weighted by molar-refractivity contribution is 0.0697. The van der Waals surface area contributed by atoms with Gasteiger partial charge in [-0.1, -0.05) is 0 Å². The van der Waals surface area contributed by atoms with E-state index in [9.17, 15) is 9.18 Å². The largest absolute Gasteiger partial charge is 0.496 e. The minimum absolute atomic E-state index is 0.0899. The van der Waals surface area contributed by atoms with Crippen molar-refractivity contribution < 1.29 is 23.8 Å². The van der Waals surface area contributed by atoms with Gasteiger partial charge in [-0.15, -0.1) is 0 Å². The molecule has 0 radical (unpaired) electrons. The zero-order chi connectivity index (χ0) is 14.7. The Kier molecular flexibility index (Phi) is 3.89. The monoisotopic (exact) mass is 276 g/mol. The van der Waals surface area contributed by atoms with E-state index >= 15 is 0 Å². The number of hydrogen-bond donors (Lipinski definition) is 1. The zero-order valence-corrected chi connectivity index (χ0v) is 11.0. The van der Waals surface area contributed by atoms with Crippen LogP contribution in [0.3, 0.4) is 0 Å². The molecule has 0 spiro atoms. The Morgan fingerprint density at radius 2 is 1.55 bits per heavy atom. The maximum Gasteiger partial charge on any atom is 0.335 e. The number of methoxy groups -OCH3 is 2. The van der Waals surface area contributed by atoms with E-state index in [1.54, 1.807) is 0 Å². The molecule has 0 amide bonds. The molecule has 104 valence electrons. The minimum Gasteiger partial charge on any atom is -0.496 e. The number of carboxylic acid groups (broad SMARTS) is 1. The molecular weight excluding hydrogens is 263 g/mol. The van der Waals surface area contributed by atoms with Gasteiger partial charge in [-0.25, -0.2) is 9.18 Å². The summed E-state index contributed by atoms with van der Waals surface area (Å²) in [7, 11) is 2.93. The molecule has 2 aromatic rings. The van der Waals surface area contributed by atoms with Crippen molar-refractivity contribution in [1.82, 2.24) is 0 Å². The molecule has 0 fully saturated rings. The summed E-state index contributed by atoms with van der Waals surface area (Å²) in [6, 6.07) is 8.42. The fourth-order valence-corrected chi connectivity index (χ4v) is 1.94. The molecule has 2 aromatic carbocycles. The van der Waals surface area contributed by atoms with E-state index in [1.165, 1.54) is 50.6 Å². The molecule has 1 N–H and O–H groups in total. The summed E-state index contributed by atoms with van der Waals surface area (Å²) in [6.45, 7) is 0. The van der Waals surface area contributed by atoms with E-state index in [1.807, 2.05) is 0 Å². The average Bonchev–Trinajstić information content (AvgIpc) is 2.46. The van der Waals surface area contributed by atoms with Crippen LogP contribution in [0.5, 0.6) is 11.5 Å². The third kappa shape index (κ3) is 2.56. The lowest BCUT2D eigenvalue weighted by Crippen LogP contribution is -1.99. The maximum absolute atomic E-state index is 13.5. The van der Waals surface area contributed by atoms with Gasteiger partial charge < -0.3 is 14.6 Å². The second-order valence-corrected chi connectivity index (χ2v) is 4.06. The average molecular weight is 276 g/mol. The molecule has 0 atom stereocenters. The van der Waals surface area contributed by atoms with Crippen molar-refractivity contribution in [2.24, 2.45) is 0 Å². The van der Waals surface area contributed by atoms with Crippen LogP contribution < -0.4 is 9.47 Å². The van der Waals surface area contributed by atoms with Crippen LogP contribution >= 0.6 is 0 Å². The van der Waals surface area contributed by atoms with E-state index in [0.29, 0.717) is 22.6 Å². The van der Waals surface area contributed by atoms with E-state index in [2.05, 4.69) is 0 Å². The lowest BCUT2D eigenvalue weighted by Gasteiger charge is -2.13. The number of halogens is 1. The summed E-state index contributed by atoms with van der Waals surface area (Å²) < 4.78 is 23.8. The van der Waals surface area contributed by atoms with Crippen LogP contribution in [0, 0.1) is 5.82 Å². The number of carbonyl (C=O) groups is 1. The van der Waals surface area contributed by atoms with Crippen molar-refractivity contribution >= 4 is 5.97 Å². The molecule has 0 heterocycles. The Bertz CT molecular complexity index is 652. The van der Waals surface area contributed by atoms with Crippen LogP contribution in [-0.4, -0.2) is 25.3 Å². The molecule has 0 aliphatic carbocycles. The summed E-state index contributed by atoms with van der Waals surface area (Å²) in [5, 5.41) is 9.05. The van der Waals surface area contributed by atoms with Crippen LogP contribution in [0.15, 0.2) is 36.4 Å². The van der Waals surface area contributed by atoms with E-state index in [4.69, 9.17) is 14.6 Å². The normalized spacial score (nSPS) is 10.2. The summed E-state index contributed by atoms with van der Waals surface area (Å²) in [4.78, 5) is 11.1. The second-order valence-electron chi connectivity index (χ2n) is 4.06. The topological polar surface area (TPSA) is 55.8 Å². The summed E-state index contributed by atoms with van der Waals surface area (Å²) in [5.41, 5.74) is 0.989. The van der Waals surface area contributed by atoms with Gasteiger partial charge in [-0.2, -0.15) is 0 Å². The van der Waals surface area contributed by atoms with Gasteiger partial charge in [-0.3, -0.25) is 0 Å². The maximum atomic E-state index is 13.5. The first-order chi connectivity index (χ1) is 9.56. The Morgan fingerprint density at radius 1 is 1.00 bits per heavy atom. The molecule has 0 unspecified atom stereocenters. The highest BCUT2D eigenvalue weighted by molar-refractivity contribution is 5.91. The van der Waals surface area contributed by atoms with Crippen LogP contribution in [0.2, 0.25) is 0 Å². The Labute approximate surface area is 115 Å². The van der Waals surface area contributed by atoms with Gasteiger partial charge in [-0.05, 0) is 36.4 Å². The van der Waals surface area contributed by atoms with Gasteiger partial charge in [0.2, 0.25) is 0 Å². The fourth-order valence-electron chi connectivity index (χ4n) is 1.94. The number of aromatic carboxylic acids is 1. The molecule has 20 heavy (non-hydrogen) atoms. The van der Waals surface area contributed by atoms with Crippen LogP contribution in [-0.2, 0) is 0 Å². The summed E-state index contributed by atoms with van der Waals surface area (Å²) in [5.74, 6) is -0.626. The van der Waals surface area contributed by atoms with Crippen molar-refractivity contribution in [3.8, 4) is 22.6 Å². The van der Waals surface area contributed by atoms with Gasteiger partial charge >= 0.3 is 5.97 Å². The molecule has 0 aliphatic rings. The quantitative estimate of drug-likeness (QED) is 0.931. The second kappa shape index (κ2) is 5.61. The summed E-state index contributed by atoms with van der Waals surface area (Å²) in [6.07, 6.45) is 0. The number of rotatable bonds is 4. The molecule has 0 aromatic heterocycles. The number of hydrogen-bond acceptors (Lipinski definition) is 3. The molecule has 0 aliphatic heterocycles. The predicted molar refractivity (Wildman–Crippen MR) is 71.9 cm³/mol. The van der Waals surface area contributed by atoms with Crippen LogP contribution in [0.4, 0.5) is 4.39 Å². The number of ether oxygens (including phenoxy) is 2. The van der Waals surface area contributed by atoms with Gasteiger partial charge in [0, 0.05) is 11.1 Å². The standard InChI is InChI=1S/C15H13FO4/c1-19-13-5-3-9(15(17)18)7-11(13)12-8-10(16)4-6-14(12)20-2/h3-8H,1-2H3,(H,17,18). The van der Waals surface area contributed by atoms with Crippen molar-refractivity contribution in [3.63, 3.8) is 0 Å². The minimum atomic E-state index is -1.07. The van der Waals surface area contributed by atoms with Gasteiger partial charge in [0.25, 0.3) is 0 Å². The highest BCUT2D eigenvalue weighted by Gasteiger charge is 2.15. The highest BCUT2D eigenvalue weighted by atomic mass is 19.1. The zero-order valence-electron chi connectivity index (χ0n) is 11.0. The number of carboxylic acids is 1. The van der Waals surface area contributed by atoms with Crippen LogP contribution in [0.25, 0.3) is 11.1 Å². The molecule has 0 saturated carbocycles. The molecule has 0 bridgehead atoms. The smallest absolute Gasteiger partial charge is 0.335 e. The van der Waals surface area contributed by atoms with Gasteiger partial charge in [0.05, 0.1) is 19.8 Å².